The highest BCUT2D eigenvalue weighted by Crippen LogP contribution is 2.19. The first-order chi connectivity index (χ1) is 9.26. The Morgan fingerprint density at radius 3 is 2.95 bits per heavy atom. The van der Waals surface area contributed by atoms with Crippen LogP contribution in [0.5, 0.6) is 5.75 Å². The number of aliphatic imine (C=N–C) groups is 1. The summed E-state index contributed by atoms with van der Waals surface area (Å²) in [6, 6.07) is 5.15. The lowest BCUT2D eigenvalue weighted by molar-refractivity contribution is 0.415. The predicted molar refractivity (Wildman–Crippen MR) is 69.5 cm³/mol. The molecular weight excluding hydrogens is 246 g/mol. The molecule has 2 heterocycles. The summed E-state index contributed by atoms with van der Waals surface area (Å²) >= 11 is 0. The molecule has 0 radical (unpaired) electrons. The second-order valence-corrected chi connectivity index (χ2v) is 4.04. The maximum Gasteiger partial charge on any atom is 0.349 e. The SMILES string of the molecule is COc1ccc2c(c1)n(C#N)c(=O)n2C1=NCCN1. The Morgan fingerprint density at radius 1 is 1.47 bits per heavy atom. The molecule has 0 atom stereocenters. The first-order valence-corrected chi connectivity index (χ1v) is 5.76. The largest absolute Gasteiger partial charge is 0.497 e. The summed E-state index contributed by atoms with van der Waals surface area (Å²) in [5, 5.41) is 12.2. The fourth-order valence-electron chi connectivity index (χ4n) is 2.14. The zero-order chi connectivity index (χ0) is 13.4. The summed E-state index contributed by atoms with van der Waals surface area (Å²) in [7, 11) is 1.54. The molecule has 3 rings (SSSR count). The molecule has 7 heteroatoms. The number of benzene rings is 1. The van der Waals surface area contributed by atoms with Crippen molar-refractivity contribution in [2.75, 3.05) is 20.2 Å². The van der Waals surface area contributed by atoms with Crippen molar-refractivity contribution in [2.45, 2.75) is 0 Å². The first kappa shape index (κ1) is 11.3. The van der Waals surface area contributed by atoms with E-state index >= 15 is 0 Å². The number of fused-ring (bicyclic) bond motifs is 1. The van der Waals surface area contributed by atoms with Gasteiger partial charge in [-0.1, -0.05) is 0 Å². The molecule has 7 nitrogen and oxygen atoms in total. The number of imidazole rings is 1. The van der Waals surface area contributed by atoms with E-state index in [0.717, 1.165) is 4.57 Å². The third-order valence-corrected chi connectivity index (χ3v) is 3.02. The smallest absolute Gasteiger partial charge is 0.349 e. The minimum atomic E-state index is -0.432. The molecule has 1 aliphatic rings. The van der Waals surface area contributed by atoms with Gasteiger partial charge in [0.25, 0.3) is 0 Å². The average Bonchev–Trinajstić information content (AvgIpc) is 3.02. The zero-order valence-electron chi connectivity index (χ0n) is 10.3. The maximum atomic E-state index is 12.2. The van der Waals surface area contributed by atoms with Crippen LogP contribution in [0, 0.1) is 11.5 Å². The van der Waals surface area contributed by atoms with Crippen molar-refractivity contribution in [1.82, 2.24) is 14.5 Å². The highest BCUT2D eigenvalue weighted by molar-refractivity contribution is 5.93. The number of ether oxygens (including phenoxy) is 1. The van der Waals surface area contributed by atoms with Gasteiger partial charge >= 0.3 is 5.69 Å². The molecule has 0 unspecified atom stereocenters. The van der Waals surface area contributed by atoms with Gasteiger partial charge in [0, 0.05) is 12.6 Å². The molecule has 0 amide bonds. The number of nitrogens with zero attached hydrogens (tertiary/aromatic N) is 4. The minimum Gasteiger partial charge on any atom is -0.497 e. The molecule has 0 spiro atoms. The molecule has 96 valence electrons. The predicted octanol–water partition coefficient (Wildman–Crippen LogP) is -0.0519. The van der Waals surface area contributed by atoms with Gasteiger partial charge in [-0.25, -0.2) is 9.36 Å². The summed E-state index contributed by atoms with van der Waals surface area (Å²) in [4.78, 5) is 16.5. The normalized spacial score (nSPS) is 14.0. The second kappa shape index (κ2) is 4.17. The van der Waals surface area contributed by atoms with E-state index in [1.165, 1.54) is 11.7 Å². The van der Waals surface area contributed by atoms with Crippen LogP contribution in [0.2, 0.25) is 0 Å². The Balaban J connectivity index is 2.37. The Labute approximate surface area is 108 Å². The quantitative estimate of drug-likeness (QED) is 0.776. The Morgan fingerprint density at radius 2 is 2.32 bits per heavy atom. The molecule has 1 aromatic heterocycles. The van der Waals surface area contributed by atoms with Crippen LogP contribution in [0.3, 0.4) is 0 Å². The van der Waals surface area contributed by atoms with Crippen LogP contribution in [0.1, 0.15) is 0 Å². The number of methoxy groups -OCH3 is 1. The zero-order valence-corrected chi connectivity index (χ0v) is 10.3. The van der Waals surface area contributed by atoms with E-state index in [9.17, 15) is 4.79 Å². The van der Waals surface area contributed by atoms with E-state index in [1.54, 1.807) is 18.2 Å². The van der Waals surface area contributed by atoms with Crippen molar-refractivity contribution in [3.63, 3.8) is 0 Å². The van der Waals surface area contributed by atoms with E-state index in [1.807, 2.05) is 6.19 Å². The topological polar surface area (TPSA) is 84.3 Å². The van der Waals surface area contributed by atoms with E-state index in [4.69, 9.17) is 10.00 Å². The monoisotopic (exact) mass is 257 g/mol. The molecule has 0 saturated heterocycles. The minimum absolute atomic E-state index is 0.432. The van der Waals surface area contributed by atoms with Gasteiger partial charge in [-0.3, -0.25) is 4.99 Å². The number of rotatable bonds is 1. The third kappa shape index (κ3) is 1.57. The molecule has 19 heavy (non-hydrogen) atoms. The number of hydrogen-bond donors (Lipinski definition) is 1. The lowest BCUT2D eigenvalue weighted by atomic mass is 10.3. The van der Waals surface area contributed by atoms with Crippen LogP contribution < -0.4 is 15.7 Å². The van der Waals surface area contributed by atoms with Crippen molar-refractivity contribution in [2.24, 2.45) is 4.99 Å². The van der Waals surface area contributed by atoms with Crippen molar-refractivity contribution >= 4 is 17.0 Å². The summed E-state index contributed by atoms with van der Waals surface area (Å²) < 4.78 is 7.55. The summed E-state index contributed by atoms with van der Waals surface area (Å²) in [5.41, 5.74) is 0.697. The van der Waals surface area contributed by atoms with Gasteiger partial charge < -0.3 is 10.1 Å². The van der Waals surface area contributed by atoms with E-state index in [0.29, 0.717) is 35.8 Å². The van der Waals surface area contributed by atoms with Crippen molar-refractivity contribution in [1.29, 1.82) is 5.26 Å². The second-order valence-electron chi connectivity index (χ2n) is 4.04. The number of aromatic nitrogens is 2. The van der Waals surface area contributed by atoms with Crippen molar-refractivity contribution in [3.8, 4) is 11.9 Å². The molecule has 1 aliphatic heterocycles. The van der Waals surface area contributed by atoms with Crippen LogP contribution >= 0.6 is 0 Å². The first-order valence-electron chi connectivity index (χ1n) is 5.76. The fourth-order valence-corrected chi connectivity index (χ4v) is 2.14. The molecule has 1 N–H and O–H groups in total. The molecule has 0 saturated carbocycles. The van der Waals surface area contributed by atoms with E-state index in [2.05, 4.69) is 10.3 Å². The Kier molecular flexibility index (Phi) is 2.49. The van der Waals surface area contributed by atoms with Crippen molar-refractivity contribution < 1.29 is 4.74 Å². The maximum absolute atomic E-state index is 12.2. The lowest BCUT2D eigenvalue weighted by Crippen LogP contribution is -2.35. The van der Waals surface area contributed by atoms with Gasteiger partial charge in [0.05, 0.1) is 24.7 Å². The molecule has 2 aromatic rings. The molecule has 0 bridgehead atoms. The highest BCUT2D eigenvalue weighted by atomic mass is 16.5. The lowest BCUT2D eigenvalue weighted by Gasteiger charge is -2.03. The van der Waals surface area contributed by atoms with Crippen LogP contribution in [-0.4, -0.2) is 35.3 Å². The average molecular weight is 257 g/mol. The standard InChI is InChI=1S/C12H11N5O2/c1-19-8-2-3-9-10(6-8)16(7-13)12(18)17(9)11-14-4-5-15-11/h2-3,6H,4-5H2,1H3,(H,14,15). The van der Waals surface area contributed by atoms with E-state index in [-0.39, 0.29) is 0 Å². The molecule has 0 fully saturated rings. The van der Waals surface area contributed by atoms with Crippen LogP contribution in [0.4, 0.5) is 0 Å². The summed E-state index contributed by atoms with van der Waals surface area (Å²) in [6.45, 7) is 1.31. The van der Waals surface area contributed by atoms with Crippen LogP contribution in [0.15, 0.2) is 28.0 Å². The third-order valence-electron chi connectivity index (χ3n) is 3.02. The highest BCUT2D eigenvalue weighted by Gasteiger charge is 2.19. The van der Waals surface area contributed by atoms with Crippen molar-refractivity contribution in [3.05, 3.63) is 28.7 Å². The summed E-state index contributed by atoms with van der Waals surface area (Å²) in [5.74, 6) is 1.07. The van der Waals surface area contributed by atoms with Crippen LogP contribution in [-0.2, 0) is 0 Å². The Bertz CT molecular complexity index is 778. The number of nitriles is 1. The van der Waals surface area contributed by atoms with E-state index < -0.39 is 5.69 Å². The van der Waals surface area contributed by atoms with Gasteiger partial charge in [0.1, 0.15) is 5.75 Å². The summed E-state index contributed by atoms with van der Waals surface area (Å²) in [6.07, 6.45) is 1.88. The molecule has 0 aliphatic carbocycles. The van der Waals surface area contributed by atoms with Crippen LogP contribution in [0.25, 0.3) is 11.0 Å². The van der Waals surface area contributed by atoms with Gasteiger partial charge in [0.2, 0.25) is 5.96 Å². The molecular formula is C12H11N5O2. The Hall–Kier alpha value is -2.75. The number of nitrogens with one attached hydrogen (secondary N) is 1. The van der Waals surface area contributed by atoms with Gasteiger partial charge in [0.15, 0.2) is 6.19 Å². The fraction of sp³-hybridized carbons (Fsp3) is 0.250. The van der Waals surface area contributed by atoms with Gasteiger partial charge in [-0.05, 0) is 12.1 Å². The number of hydrogen-bond acceptors (Lipinski definition) is 5. The van der Waals surface area contributed by atoms with Gasteiger partial charge in [-0.15, -0.1) is 0 Å². The molecule has 1 aromatic carbocycles. The van der Waals surface area contributed by atoms with Gasteiger partial charge in [-0.2, -0.15) is 9.83 Å².